The van der Waals surface area contributed by atoms with Crippen molar-refractivity contribution in [3.8, 4) is 0 Å². The largest absolute Gasteiger partial charge is 0.354 e. The van der Waals surface area contributed by atoms with Gasteiger partial charge in [0, 0.05) is 44.0 Å². The van der Waals surface area contributed by atoms with E-state index in [9.17, 15) is 9.00 Å². The second kappa shape index (κ2) is 15.9. The van der Waals surface area contributed by atoms with E-state index >= 15 is 0 Å². The van der Waals surface area contributed by atoms with E-state index in [1.807, 2.05) is 42.5 Å². The summed E-state index contributed by atoms with van der Waals surface area (Å²) in [4.78, 5) is 26.7. The molecule has 1 fully saturated rings. The molecule has 222 valence electrons. The number of allylic oxidation sites excluding steroid dienone is 5. The second-order valence-electron chi connectivity index (χ2n) is 11.1. The summed E-state index contributed by atoms with van der Waals surface area (Å²) < 4.78 is 12.8. The van der Waals surface area contributed by atoms with Gasteiger partial charge in [-0.2, -0.15) is 0 Å². The second-order valence-corrected chi connectivity index (χ2v) is 12.3. The molecule has 3 rings (SSSR count). The highest BCUT2D eigenvalue weighted by Gasteiger charge is 2.21. The number of hydrogen-bond donors (Lipinski definition) is 2. The third-order valence-electron chi connectivity index (χ3n) is 7.31. The molecule has 0 saturated carbocycles. The van der Waals surface area contributed by atoms with Crippen molar-refractivity contribution in [3.63, 3.8) is 0 Å². The molecule has 2 aromatic carbocycles. The van der Waals surface area contributed by atoms with E-state index in [4.69, 9.17) is 4.84 Å². The van der Waals surface area contributed by atoms with Gasteiger partial charge in [0.05, 0.1) is 17.2 Å². The number of rotatable bonds is 13. The van der Waals surface area contributed by atoms with Crippen LogP contribution in [0, 0.1) is 5.92 Å². The molecule has 1 aliphatic heterocycles. The Morgan fingerprint density at radius 1 is 0.976 bits per heavy atom. The third kappa shape index (κ3) is 9.87. The molecular formula is C33H46N4O3S. The third-order valence-corrected chi connectivity index (χ3v) is 8.28. The highest BCUT2D eigenvalue weighted by molar-refractivity contribution is 7.82. The molecule has 0 aliphatic carbocycles. The number of hydrogen-bond acceptors (Lipinski definition) is 6. The van der Waals surface area contributed by atoms with Crippen molar-refractivity contribution in [1.29, 1.82) is 0 Å². The van der Waals surface area contributed by atoms with Crippen molar-refractivity contribution < 1.29 is 13.8 Å². The van der Waals surface area contributed by atoms with Gasteiger partial charge < -0.3 is 10.2 Å². The molecule has 0 amide bonds. The van der Waals surface area contributed by atoms with Crippen molar-refractivity contribution >= 4 is 28.2 Å². The number of carbonyl (C=O) groups excluding carboxylic acids is 1. The fourth-order valence-electron chi connectivity index (χ4n) is 4.51. The Morgan fingerprint density at radius 3 is 2.17 bits per heavy atom. The average Bonchev–Trinajstić information content (AvgIpc) is 2.95. The van der Waals surface area contributed by atoms with Crippen molar-refractivity contribution in [2.24, 2.45) is 5.92 Å². The summed E-state index contributed by atoms with van der Waals surface area (Å²) in [7, 11) is 0.632. The molecule has 7 nitrogen and oxygen atoms in total. The average molecular weight is 579 g/mol. The van der Waals surface area contributed by atoms with Crippen LogP contribution in [-0.4, -0.2) is 66.2 Å². The number of nitrogens with one attached hydrogen (secondary N) is 2. The molecule has 0 radical (unpaired) electrons. The summed E-state index contributed by atoms with van der Waals surface area (Å²) in [5, 5.41) is 3.51. The van der Waals surface area contributed by atoms with E-state index in [0.717, 1.165) is 60.8 Å². The van der Waals surface area contributed by atoms with Crippen molar-refractivity contribution in [3.05, 3.63) is 88.5 Å². The van der Waals surface area contributed by atoms with E-state index in [1.54, 1.807) is 19.1 Å². The predicted octanol–water partition coefficient (Wildman–Crippen LogP) is 5.83. The molecule has 1 unspecified atom stereocenters. The van der Waals surface area contributed by atoms with Crippen molar-refractivity contribution in [2.45, 2.75) is 46.4 Å². The van der Waals surface area contributed by atoms with Crippen LogP contribution in [0.1, 0.15) is 47.1 Å². The summed E-state index contributed by atoms with van der Waals surface area (Å²) in [5.41, 5.74) is 6.46. The lowest BCUT2D eigenvalue weighted by Crippen LogP contribution is -2.45. The summed E-state index contributed by atoms with van der Waals surface area (Å²) in [6.07, 6.45) is 2.13. The van der Waals surface area contributed by atoms with Gasteiger partial charge in [-0.25, -0.2) is 4.21 Å². The Labute approximate surface area is 248 Å². The Kier molecular flexibility index (Phi) is 12.7. The number of likely N-dealkylation sites (N-methyl/N-ethyl adjacent to an activating group) is 1. The Bertz CT molecular complexity index is 1270. The molecule has 1 aliphatic rings. The van der Waals surface area contributed by atoms with Crippen LogP contribution in [0.2, 0.25) is 0 Å². The van der Waals surface area contributed by atoms with Crippen LogP contribution in [0.5, 0.6) is 0 Å². The van der Waals surface area contributed by atoms with Crippen molar-refractivity contribution in [1.82, 2.24) is 14.7 Å². The summed E-state index contributed by atoms with van der Waals surface area (Å²) in [5.74, 6) is 0.129. The maximum absolute atomic E-state index is 13.2. The monoisotopic (exact) mass is 578 g/mol. The number of ketones is 1. The number of benzene rings is 2. The number of Topliss-reactive ketones (excluding diaryl/α,β-unsaturated/α-hetero) is 1. The SMILES string of the molecule is CC(=O)C(=C(\Nc1ccc(S(=O)NOCCN2CCN(C)CC2)cc1)c1ccccc1)/C(=C/C(C)=C(C)C)C(C)C. The van der Waals surface area contributed by atoms with Crippen molar-refractivity contribution in [2.75, 3.05) is 51.7 Å². The van der Waals surface area contributed by atoms with E-state index < -0.39 is 11.0 Å². The molecular weight excluding hydrogens is 532 g/mol. The minimum Gasteiger partial charge on any atom is -0.354 e. The first kappa shape index (κ1) is 32.6. The quantitative estimate of drug-likeness (QED) is 0.135. The van der Waals surface area contributed by atoms with Crippen LogP contribution in [0.4, 0.5) is 5.69 Å². The minimum absolute atomic E-state index is 0.00601. The highest BCUT2D eigenvalue weighted by Crippen LogP contribution is 2.31. The lowest BCUT2D eigenvalue weighted by Gasteiger charge is -2.32. The molecule has 0 aromatic heterocycles. The van der Waals surface area contributed by atoms with Gasteiger partial charge in [-0.05, 0) is 76.1 Å². The predicted molar refractivity (Wildman–Crippen MR) is 171 cm³/mol. The van der Waals surface area contributed by atoms with E-state index in [0.29, 0.717) is 17.1 Å². The Hall–Kier alpha value is -2.88. The lowest BCUT2D eigenvalue weighted by molar-refractivity contribution is -0.113. The molecule has 1 atom stereocenters. The Balaban J connectivity index is 1.80. The van der Waals surface area contributed by atoms with E-state index in [2.05, 4.69) is 67.7 Å². The van der Waals surface area contributed by atoms with Gasteiger partial charge in [-0.1, -0.05) is 61.4 Å². The molecule has 1 heterocycles. The zero-order valence-electron chi connectivity index (χ0n) is 25.6. The van der Waals surface area contributed by atoms with Gasteiger partial charge in [0.2, 0.25) is 0 Å². The van der Waals surface area contributed by atoms with Crippen LogP contribution in [0.15, 0.2) is 87.9 Å². The topological polar surface area (TPSA) is 73.9 Å². The minimum atomic E-state index is -1.50. The maximum Gasteiger partial charge on any atom is 0.162 e. The number of anilines is 1. The molecule has 2 N–H and O–H groups in total. The van der Waals surface area contributed by atoms with Gasteiger partial charge >= 0.3 is 0 Å². The molecule has 1 saturated heterocycles. The summed E-state index contributed by atoms with van der Waals surface area (Å²) >= 11 is 0. The zero-order chi connectivity index (χ0) is 29.9. The van der Waals surface area contributed by atoms with Gasteiger partial charge in [0.25, 0.3) is 0 Å². The first-order valence-corrected chi connectivity index (χ1v) is 15.5. The molecule has 0 spiro atoms. The smallest absolute Gasteiger partial charge is 0.162 e. The van der Waals surface area contributed by atoms with Crippen LogP contribution in [0.3, 0.4) is 0 Å². The highest BCUT2D eigenvalue weighted by atomic mass is 32.2. The number of carbonyl (C=O) groups is 1. The van der Waals surface area contributed by atoms with Gasteiger partial charge in [-0.15, -0.1) is 4.89 Å². The van der Waals surface area contributed by atoms with Gasteiger partial charge in [0.1, 0.15) is 11.0 Å². The van der Waals surface area contributed by atoms with Crippen LogP contribution in [-0.2, 0) is 20.6 Å². The Morgan fingerprint density at radius 2 is 1.61 bits per heavy atom. The first-order chi connectivity index (χ1) is 19.6. The number of piperazine rings is 1. The standard InChI is InChI=1S/C33H46N4O3S/c1-24(2)26(5)23-31(25(3)4)32(27(6)38)33(28-11-9-8-10-12-28)34-29-13-15-30(16-14-29)41(39)35-40-22-21-37-19-17-36(7)18-20-37/h8-16,23,25,34-35H,17-22H2,1-7H3/b31-23+,33-32+. The van der Waals surface area contributed by atoms with E-state index in [-0.39, 0.29) is 11.7 Å². The summed E-state index contributed by atoms with van der Waals surface area (Å²) in [6, 6.07) is 17.3. The van der Waals surface area contributed by atoms with Gasteiger partial charge in [-0.3, -0.25) is 14.5 Å². The zero-order valence-corrected chi connectivity index (χ0v) is 26.4. The first-order valence-electron chi connectivity index (χ1n) is 14.3. The van der Waals surface area contributed by atoms with E-state index in [1.165, 1.54) is 5.57 Å². The fraction of sp³-hybridized carbons (Fsp3) is 0.424. The molecule has 0 bridgehead atoms. The molecule has 2 aromatic rings. The maximum atomic E-state index is 13.2. The number of nitrogens with zero attached hydrogens (tertiary/aromatic N) is 2. The molecule has 8 heteroatoms. The fourth-order valence-corrected chi connectivity index (χ4v) is 5.18. The van der Waals surface area contributed by atoms with Crippen LogP contribution >= 0.6 is 0 Å². The summed E-state index contributed by atoms with van der Waals surface area (Å²) in [6.45, 7) is 17.5. The van der Waals surface area contributed by atoms with Crippen LogP contribution in [0.25, 0.3) is 5.70 Å². The van der Waals surface area contributed by atoms with Gasteiger partial charge in [0.15, 0.2) is 5.78 Å². The lowest BCUT2D eigenvalue weighted by atomic mass is 9.87. The normalized spacial score (nSPS) is 16.3. The molecule has 41 heavy (non-hydrogen) atoms. The van der Waals surface area contributed by atoms with Crippen LogP contribution < -0.4 is 10.2 Å².